The van der Waals surface area contributed by atoms with Gasteiger partial charge in [-0.05, 0) is 53.6 Å². The fourth-order valence-corrected chi connectivity index (χ4v) is 2.91. The summed E-state index contributed by atoms with van der Waals surface area (Å²) in [5, 5.41) is 18.1. The monoisotopic (exact) mass is 412 g/mol. The largest absolute Gasteiger partial charge is 0.479 e. The lowest BCUT2D eigenvalue weighted by Crippen LogP contribution is -2.16. The van der Waals surface area contributed by atoms with Gasteiger partial charge in [0.05, 0.1) is 11.6 Å². The molecule has 152 valence electrons. The molecule has 0 unspecified atom stereocenters. The highest BCUT2D eigenvalue weighted by atomic mass is 19.1. The molecule has 0 aliphatic carbocycles. The number of hydrogen-bond acceptors (Lipinski definition) is 4. The van der Waals surface area contributed by atoms with E-state index < -0.39 is 41.5 Å². The molecule has 0 aromatic heterocycles. The Labute approximate surface area is 170 Å². The molecule has 0 fully saturated rings. The maximum absolute atomic E-state index is 14.9. The van der Waals surface area contributed by atoms with Gasteiger partial charge in [0.2, 0.25) is 0 Å². The maximum atomic E-state index is 14.9. The zero-order chi connectivity index (χ0) is 21.8. The Kier molecular flexibility index (Phi) is 5.93. The van der Waals surface area contributed by atoms with E-state index in [9.17, 15) is 23.2 Å². The Morgan fingerprint density at radius 2 is 1.87 bits per heavy atom. The number of carbonyl (C=O) groups is 1. The lowest BCUT2D eigenvalue weighted by Gasteiger charge is -2.23. The molecule has 0 heterocycles. The van der Waals surface area contributed by atoms with Gasteiger partial charge >= 0.3 is 5.97 Å². The van der Waals surface area contributed by atoms with E-state index >= 15 is 0 Å². The first-order valence-electron chi connectivity index (χ1n) is 8.67. The highest BCUT2D eigenvalue weighted by Crippen LogP contribution is 2.36. The fraction of sp³-hybridized carbons (Fsp3) is 0.0909. The second-order valence-corrected chi connectivity index (χ2v) is 6.34. The number of hydrogen-bond donors (Lipinski definition) is 1. The van der Waals surface area contributed by atoms with Crippen molar-refractivity contribution in [1.82, 2.24) is 0 Å². The van der Waals surface area contributed by atoms with Gasteiger partial charge < -0.3 is 14.7 Å². The second kappa shape index (κ2) is 8.57. The van der Waals surface area contributed by atoms with E-state index in [1.807, 2.05) is 6.07 Å². The molecule has 8 heteroatoms. The van der Waals surface area contributed by atoms with Crippen molar-refractivity contribution in [3.8, 4) is 22.9 Å². The van der Waals surface area contributed by atoms with Gasteiger partial charge in [-0.15, -0.1) is 0 Å². The lowest BCUT2D eigenvalue weighted by atomic mass is 10.0. The van der Waals surface area contributed by atoms with Crippen LogP contribution in [0.5, 0.6) is 5.75 Å². The number of nitrogens with zero attached hydrogens (tertiary/aromatic N) is 2. The highest BCUT2D eigenvalue weighted by Gasteiger charge is 2.21. The summed E-state index contributed by atoms with van der Waals surface area (Å²) in [7, 11) is 1.38. The smallest absolute Gasteiger partial charge is 0.341 e. The third-order valence-electron chi connectivity index (χ3n) is 4.31. The van der Waals surface area contributed by atoms with E-state index in [4.69, 9.17) is 9.84 Å². The van der Waals surface area contributed by atoms with Gasteiger partial charge in [-0.3, -0.25) is 0 Å². The molecule has 1 N–H and O–H groups in total. The third kappa shape index (κ3) is 4.36. The number of rotatable bonds is 6. The average Bonchev–Trinajstić information content (AvgIpc) is 2.72. The quantitative estimate of drug-likeness (QED) is 0.625. The van der Waals surface area contributed by atoms with Crippen LogP contribution in [-0.4, -0.2) is 24.7 Å². The highest BCUT2D eigenvalue weighted by molar-refractivity contribution is 5.75. The fourth-order valence-electron chi connectivity index (χ4n) is 2.91. The predicted molar refractivity (Wildman–Crippen MR) is 104 cm³/mol. The standard InChI is InChI=1S/C22H15F3N2O3/c1-27(22-18(24)5-6-19(21(22)25)30-12-20(28)29)17-8-13(11-26)7-15(10-17)14-3-2-4-16(23)9-14/h2-10H,12H2,1H3,(H,28,29). The molecule has 3 aromatic carbocycles. The molecule has 0 saturated heterocycles. The minimum absolute atomic E-state index is 0.206. The summed E-state index contributed by atoms with van der Waals surface area (Å²) in [5.74, 6) is -4.21. The summed E-state index contributed by atoms with van der Waals surface area (Å²) in [5.41, 5.74) is 0.952. The van der Waals surface area contributed by atoms with Crippen LogP contribution in [0, 0.1) is 28.8 Å². The summed E-state index contributed by atoms with van der Waals surface area (Å²) < 4.78 is 47.8. The molecule has 0 bridgehead atoms. The molecule has 3 rings (SSSR count). The summed E-state index contributed by atoms with van der Waals surface area (Å²) in [6, 6.07) is 14.1. The van der Waals surface area contributed by atoms with Crippen molar-refractivity contribution in [2.24, 2.45) is 0 Å². The van der Waals surface area contributed by atoms with Crippen molar-refractivity contribution in [3.05, 3.63) is 77.6 Å². The molecule has 0 amide bonds. The molecule has 0 spiro atoms. The first-order chi connectivity index (χ1) is 14.3. The number of halogens is 3. The van der Waals surface area contributed by atoms with E-state index in [1.54, 1.807) is 12.1 Å². The number of ether oxygens (including phenoxy) is 1. The van der Waals surface area contributed by atoms with Gasteiger partial charge in [0.1, 0.15) is 17.3 Å². The number of benzene rings is 3. The van der Waals surface area contributed by atoms with Crippen LogP contribution in [0.2, 0.25) is 0 Å². The molecular formula is C22H15F3N2O3. The van der Waals surface area contributed by atoms with Crippen LogP contribution in [-0.2, 0) is 4.79 Å². The second-order valence-electron chi connectivity index (χ2n) is 6.34. The number of aliphatic carboxylic acids is 1. The first kappa shape index (κ1) is 20.7. The lowest BCUT2D eigenvalue weighted by molar-refractivity contribution is -0.139. The van der Waals surface area contributed by atoms with Gasteiger partial charge in [-0.25, -0.2) is 18.0 Å². The summed E-state index contributed by atoms with van der Waals surface area (Å²) in [6.07, 6.45) is 0. The average molecular weight is 412 g/mol. The van der Waals surface area contributed by atoms with Crippen LogP contribution in [0.3, 0.4) is 0 Å². The van der Waals surface area contributed by atoms with E-state index in [-0.39, 0.29) is 11.3 Å². The normalized spacial score (nSPS) is 10.4. The van der Waals surface area contributed by atoms with Crippen molar-refractivity contribution in [2.45, 2.75) is 0 Å². The molecule has 0 saturated carbocycles. The topological polar surface area (TPSA) is 73.6 Å². The molecular weight excluding hydrogens is 397 g/mol. The number of carboxylic acids is 1. The Balaban J connectivity index is 2.08. The van der Waals surface area contributed by atoms with Crippen LogP contribution in [0.25, 0.3) is 11.1 Å². The minimum Gasteiger partial charge on any atom is -0.479 e. The molecule has 3 aromatic rings. The minimum atomic E-state index is -1.31. The van der Waals surface area contributed by atoms with Gasteiger partial charge in [0.15, 0.2) is 18.2 Å². The van der Waals surface area contributed by atoms with E-state index in [2.05, 4.69) is 0 Å². The molecule has 0 aliphatic rings. The van der Waals surface area contributed by atoms with Gasteiger partial charge in [0.25, 0.3) is 0 Å². The van der Waals surface area contributed by atoms with Crippen molar-refractivity contribution < 1.29 is 27.8 Å². The van der Waals surface area contributed by atoms with E-state index in [0.29, 0.717) is 11.1 Å². The predicted octanol–water partition coefficient (Wildman–Crippen LogP) is 4.87. The van der Waals surface area contributed by atoms with Crippen molar-refractivity contribution >= 4 is 17.3 Å². The van der Waals surface area contributed by atoms with Crippen LogP contribution in [0.4, 0.5) is 24.5 Å². The van der Waals surface area contributed by atoms with Crippen LogP contribution < -0.4 is 9.64 Å². The van der Waals surface area contributed by atoms with E-state index in [1.165, 1.54) is 42.3 Å². The summed E-state index contributed by atoms with van der Waals surface area (Å²) in [6.45, 7) is -0.792. The van der Waals surface area contributed by atoms with Crippen molar-refractivity contribution in [2.75, 3.05) is 18.6 Å². The third-order valence-corrected chi connectivity index (χ3v) is 4.31. The Morgan fingerprint density at radius 1 is 1.10 bits per heavy atom. The Bertz CT molecular complexity index is 1160. The summed E-state index contributed by atoms with van der Waals surface area (Å²) in [4.78, 5) is 11.8. The molecule has 0 radical (unpaired) electrons. The Hall–Kier alpha value is -3.99. The Morgan fingerprint density at radius 3 is 2.53 bits per heavy atom. The summed E-state index contributed by atoms with van der Waals surface area (Å²) >= 11 is 0. The number of anilines is 2. The van der Waals surface area contributed by atoms with Crippen LogP contribution >= 0.6 is 0 Å². The zero-order valence-electron chi connectivity index (χ0n) is 15.7. The maximum Gasteiger partial charge on any atom is 0.341 e. The molecule has 0 aliphatic heterocycles. The number of carboxylic acid groups (broad SMARTS) is 1. The SMILES string of the molecule is CN(c1cc(C#N)cc(-c2cccc(F)c2)c1)c1c(F)ccc(OCC(=O)O)c1F. The van der Waals surface area contributed by atoms with Crippen LogP contribution in [0.1, 0.15) is 5.56 Å². The van der Waals surface area contributed by atoms with E-state index in [0.717, 1.165) is 12.1 Å². The zero-order valence-corrected chi connectivity index (χ0v) is 15.7. The van der Waals surface area contributed by atoms with Gasteiger partial charge in [0, 0.05) is 12.7 Å². The van der Waals surface area contributed by atoms with Gasteiger partial charge in [-0.1, -0.05) is 12.1 Å². The van der Waals surface area contributed by atoms with Crippen LogP contribution in [0.15, 0.2) is 54.6 Å². The molecule has 5 nitrogen and oxygen atoms in total. The molecule has 0 atom stereocenters. The van der Waals surface area contributed by atoms with Crippen molar-refractivity contribution in [1.29, 1.82) is 5.26 Å². The number of nitriles is 1. The molecule has 30 heavy (non-hydrogen) atoms. The van der Waals surface area contributed by atoms with Gasteiger partial charge in [-0.2, -0.15) is 5.26 Å². The van der Waals surface area contributed by atoms with Crippen molar-refractivity contribution in [3.63, 3.8) is 0 Å². The first-order valence-corrected chi connectivity index (χ1v) is 8.67.